The second-order valence-corrected chi connectivity index (χ2v) is 9.72. The lowest BCUT2D eigenvalue weighted by atomic mass is 9.58. The van der Waals surface area contributed by atoms with Crippen LogP contribution in [0.5, 0.6) is 0 Å². The van der Waals surface area contributed by atoms with Crippen molar-refractivity contribution in [1.29, 1.82) is 0 Å². The SMILES string of the molecule is C1=CC2CC1C1C3CC(C21)C1C2CC(CC4CCC42)C31. The molecule has 0 heteroatoms. The minimum atomic E-state index is 1.03. The molecule has 0 aromatic rings. The smallest absolute Gasteiger partial charge is 0.0194 e. The zero-order valence-corrected chi connectivity index (χ0v) is 12.3. The Morgan fingerprint density at radius 1 is 0.500 bits per heavy atom. The molecule has 12 atom stereocenters. The van der Waals surface area contributed by atoms with Crippen LogP contribution >= 0.6 is 0 Å². The molecular weight excluding hydrogens is 240 g/mol. The van der Waals surface area contributed by atoms with Gasteiger partial charge in [-0.25, -0.2) is 0 Å². The van der Waals surface area contributed by atoms with Gasteiger partial charge in [0.15, 0.2) is 0 Å². The summed E-state index contributed by atoms with van der Waals surface area (Å²) in [4.78, 5) is 0. The van der Waals surface area contributed by atoms with Crippen LogP contribution in [0.15, 0.2) is 12.2 Å². The molecule has 0 aromatic heterocycles. The molecule has 106 valence electrons. The van der Waals surface area contributed by atoms with Crippen molar-refractivity contribution >= 4 is 0 Å². The molecule has 7 rings (SSSR count). The fourth-order valence-electron chi connectivity index (χ4n) is 9.62. The average Bonchev–Trinajstić information content (AvgIpc) is 3.18. The highest BCUT2D eigenvalue weighted by molar-refractivity contribution is 5.25. The van der Waals surface area contributed by atoms with Gasteiger partial charge in [0, 0.05) is 0 Å². The van der Waals surface area contributed by atoms with Gasteiger partial charge in [-0.05, 0) is 110 Å². The van der Waals surface area contributed by atoms with Crippen LogP contribution in [0.1, 0.15) is 38.5 Å². The first kappa shape index (κ1) is 10.5. The molecule has 20 heavy (non-hydrogen) atoms. The van der Waals surface area contributed by atoms with Crippen LogP contribution in [0, 0.1) is 71.0 Å². The standard InChI is InChI=1S/C20H26/c1-2-11-6-10(1)17-15-8-16(18(11)17)20-14-7-12(19(15)20)5-9-3-4-13(9)14/h1-2,9-20H,3-8H2. The summed E-state index contributed by atoms with van der Waals surface area (Å²) in [6.45, 7) is 0. The zero-order chi connectivity index (χ0) is 12.6. The maximum absolute atomic E-state index is 2.63. The highest BCUT2D eigenvalue weighted by Gasteiger charge is 2.70. The van der Waals surface area contributed by atoms with Gasteiger partial charge >= 0.3 is 0 Å². The Balaban J connectivity index is 1.35. The molecule has 0 heterocycles. The van der Waals surface area contributed by atoms with Crippen molar-refractivity contribution in [2.45, 2.75) is 38.5 Å². The van der Waals surface area contributed by atoms with Gasteiger partial charge in [0.2, 0.25) is 0 Å². The predicted molar refractivity (Wildman–Crippen MR) is 78.7 cm³/mol. The van der Waals surface area contributed by atoms with Crippen LogP contribution in [-0.4, -0.2) is 0 Å². The van der Waals surface area contributed by atoms with E-state index in [1.165, 1.54) is 47.3 Å². The van der Waals surface area contributed by atoms with Gasteiger partial charge in [-0.3, -0.25) is 0 Å². The van der Waals surface area contributed by atoms with Crippen molar-refractivity contribution < 1.29 is 0 Å². The van der Waals surface area contributed by atoms with Crippen LogP contribution < -0.4 is 0 Å². The molecule has 6 saturated carbocycles. The molecule has 0 saturated heterocycles. The monoisotopic (exact) mass is 266 g/mol. The third kappa shape index (κ3) is 0.914. The van der Waals surface area contributed by atoms with E-state index in [4.69, 9.17) is 0 Å². The molecule has 7 aliphatic rings. The molecular formula is C20H26. The number of rotatable bonds is 0. The van der Waals surface area contributed by atoms with Gasteiger partial charge in [-0.15, -0.1) is 0 Å². The van der Waals surface area contributed by atoms with Gasteiger partial charge < -0.3 is 0 Å². The summed E-state index contributed by atoms with van der Waals surface area (Å²) in [6, 6.07) is 0. The third-order valence-corrected chi connectivity index (χ3v) is 9.79. The Labute approximate surface area is 122 Å². The first-order chi connectivity index (χ1) is 9.90. The normalized spacial score (nSPS) is 73.6. The number of allylic oxidation sites excluding steroid dienone is 2. The Kier molecular flexibility index (Phi) is 1.61. The third-order valence-electron chi connectivity index (χ3n) is 9.79. The summed E-state index contributed by atoms with van der Waals surface area (Å²) < 4.78 is 0. The van der Waals surface area contributed by atoms with E-state index in [-0.39, 0.29) is 0 Å². The first-order valence-electron chi connectivity index (χ1n) is 9.58. The van der Waals surface area contributed by atoms with Crippen LogP contribution in [0.25, 0.3) is 0 Å². The zero-order valence-electron chi connectivity index (χ0n) is 12.3. The maximum Gasteiger partial charge on any atom is -0.0194 e. The van der Waals surface area contributed by atoms with Gasteiger partial charge in [-0.1, -0.05) is 12.2 Å². The van der Waals surface area contributed by atoms with Crippen molar-refractivity contribution in [2.24, 2.45) is 71.0 Å². The quantitative estimate of drug-likeness (QED) is 0.451. The molecule has 0 nitrogen and oxygen atoms in total. The van der Waals surface area contributed by atoms with Crippen LogP contribution in [0.2, 0.25) is 0 Å². The van der Waals surface area contributed by atoms with E-state index >= 15 is 0 Å². The van der Waals surface area contributed by atoms with Gasteiger partial charge in [0.25, 0.3) is 0 Å². The van der Waals surface area contributed by atoms with E-state index in [0.29, 0.717) is 0 Å². The summed E-state index contributed by atoms with van der Waals surface area (Å²) in [5.41, 5.74) is 0. The van der Waals surface area contributed by atoms with Crippen molar-refractivity contribution in [3.05, 3.63) is 12.2 Å². The van der Waals surface area contributed by atoms with Crippen molar-refractivity contribution in [1.82, 2.24) is 0 Å². The molecule has 12 unspecified atom stereocenters. The Morgan fingerprint density at radius 2 is 1.30 bits per heavy atom. The van der Waals surface area contributed by atoms with Crippen molar-refractivity contribution in [2.75, 3.05) is 0 Å². The second kappa shape index (κ2) is 3.08. The summed E-state index contributed by atoms with van der Waals surface area (Å²) in [7, 11) is 0. The summed E-state index contributed by atoms with van der Waals surface area (Å²) in [5, 5.41) is 0. The topological polar surface area (TPSA) is 0 Å². The fourth-order valence-corrected chi connectivity index (χ4v) is 9.62. The number of hydrogen-bond acceptors (Lipinski definition) is 0. The fraction of sp³-hybridized carbons (Fsp3) is 0.900. The second-order valence-electron chi connectivity index (χ2n) is 9.72. The van der Waals surface area contributed by atoms with E-state index in [0.717, 1.165) is 23.7 Å². The van der Waals surface area contributed by atoms with Crippen LogP contribution in [-0.2, 0) is 0 Å². The van der Waals surface area contributed by atoms with Gasteiger partial charge in [-0.2, -0.15) is 0 Å². The molecule has 0 spiro atoms. The summed E-state index contributed by atoms with van der Waals surface area (Å²) >= 11 is 0. The average molecular weight is 266 g/mol. The molecule has 0 aliphatic heterocycles. The molecule has 0 N–H and O–H groups in total. The van der Waals surface area contributed by atoms with Gasteiger partial charge in [0.05, 0.1) is 0 Å². The minimum Gasteiger partial charge on any atom is -0.0848 e. The molecule has 0 radical (unpaired) electrons. The van der Waals surface area contributed by atoms with Crippen molar-refractivity contribution in [3.63, 3.8) is 0 Å². The van der Waals surface area contributed by atoms with Crippen molar-refractivity contribution in [3.8, 4) is 0 Å². The lowest BCUT2D eigenvalue weighted by molar-refractivity contribution is 0.0234. The molecule has 7 aliphatic carbocycles. The Hall–Kier alpha value is -0.260. The lowest BCUT2D eigenvalue weighted by Crippen LogP contribution is -2.40. The first-order valence-corrected chi connectivity index (χ1v) is 9.58. The number of hydrogen-bond donors (Lipinski definition) is 0. The molecule has 0 aromatic carbocycles. The summed E-state index contributed by atoms with van der Waals surface area (Å²) in [5.74, 6) is 14.0. The van der Waals surface area contributed by atoms with Crippen LogP contribution in [0.4, 0.5) is 0 Å². The van der Waals surface area contributed by atoms with E-state index in [1.54, 1.807) is 38.5 Å². The molecule has 6 bridgehead atoms. The van der Waals surface area contributed by atoms with E-state index < -0.39 is 0 Å². The Bertz CT molecular complexity index is 518. The van der Waals surface area contributed by atoms with E-state index in [9.17, 15) is 0 Å². The highest BCUT2D eigenvalue weighted by Crippen LogP contribution is 2.76. The van der Waals surface area contributed by atoms with E-state index in [2.05, 4.69) is 12.2 Å². The summed E-state index contributed by atoms with van der Waals surface area (Å²) in [6.07, 6.45) is 15.0. The minimum absolute atomic E-state index is 1.03. The largest absolute Gasteiger partial charge is 0.0848 e. The maximum atomic E-state index is 2.63. The molecule has 0 amide bonds. The van der Waals surface area contributed by atoms with E-state index in [1.807, 2.05) is 0 Å². The lowest BCUT2D eigenvalue weighted by Gasteiger charge is -2.47. The molecule has 6 fully saturated rings. The van der Waals surface area contributed by atoms with Crippen LogP contribution in [0.3, 0.4) is 0 Å². The van der Waals surface area contributed by atoms with Gasteiger partial charge in [0.1, 0.15) is 0 Å². The number of fused-ring (bicyclic) bond motifs is 18. The predicted octanol–water partition coefficient (Wildman–Crippen LogP) is 4.37. The Morgan fingerprint density at radius 3 is 2.05 bits per heavy atom. The highest BCUT2D eigenvalue weighted by atomic mass is 14.7.